The number of piperidine rings is 1. The van der Waals surface area contributed by atoms with Gasteiger partial charge in [-0.25, -0.2) is 4.79 Å². The van der Waals surface area contributed by atoms with Crippen LogP contribution < -0.4 is 0 Å². The molecule has 2 amide bonds. The van der Waals surface area contributed by atoms with E-state index in [1.165, 1.54) is 0 Å². The molecule has 0 spiro atoms. The largest absolute Gasteiger partial charge is 0.481 e. The number of carbonyl (C=O) groups excluding carboxylic acids is 1. The second-order valence-corrected chi connectivity index (χ2v) is 6.58. The third-order valence-corrected chi connectivity index (χ3v) is 5.19. The number of nitrogens with zero attached hydrogens (tertiary/aromatic N) is 2. The zero-order chi connectivity index (χ0) is 15.6. The molecule has 6 heteroatoms. The molecule has 0 radical (unpaired) electrons. The normalized spacial score (nSPS) is 27.9. The number of aliphatic carboxylic acids is 1. The van der Waals surface area contributed by atoms with Crippen molar-refractivity contribution in [3.8, 4) is 0 Å². The maximum Gasteiger partial charge on any atom is 0.319 e. The monoisotopic (exact) mass is 298 g/mol. The minimum Gasteiger partial charge on any atom is -0.481 e. The molecule has 1 saturated heterocycles. The minimum absolute atomic E-state index is 0.0218. The first-order chi connectivity index (χ1) is 9.88. The molecule has 0 aromatic carbocycles. The summed E-state index contributed by atoms with van der Waals surface area (Å²) in [4.78, 5) is 27.2. The fraction of sp³-hybridized carbons (Fsp3) is 0.867. The van der Waals surface area contributed by atoms with Gasteiger partial charge in [0.25, 0.3) is 0 Å². The van der Waals surface area contributed by atoms with Crippen LogP contribution in [0.1, 0.15) is 39.0 Å². The summed E-state index contributed by atoms with van der Waals surface area (Å²) >= 11 is 0. The third kappa shape index (κ3) is 3.31. The zero-order valence-electron chi connectivity index (χ0n) is 12.9. The number of aliphatic hydroxyl groups excluding tert-OH is 1. The fourth-order valence-electron chi connectivity index (χ4n) is 3.40. The van der Waals surface area contributed by atoms with E-state index in [1.54, 1.807) is 16.8 Å². The Morgan fingerprint density at radius 1 is 1.29 bits per heavy atom. The van der Waals surface area contributed by atoms with E-state index in [0.717, 1.165) is 12.8 Å². The Balaban J connectivity index is 1.83. The predicted molar refractivity (Wildman–Crippen MR) is 77.9 cm³/mol. The molecule has 2 N–H and O–H groups in total. The van der Waals surface area contributed by atoms with Gasteiger partial charge in [-0.2, -0.15) is 0 Å². The first-order valence-electron chi connectivity index (χ1n) is 7.79. The van der Waals surface area contributed by atoms with Crippen LogP contribution in [0.15, 0.2) is 0 Å². The highest BCUT2D eigenvalue weighted by molar-refractivity contribution is 5.77. The number of urea groups is 1. The molecule has 2 rings (SSSR count). The van der Waals surface area contributed by atoms with Crippen molar-refractivity contribution < 1.29 is 19.8 Å². The van der Waals surface area contributed by atoms with Gasteiger partial charge in [0, 0.05) is 26.7 Å². The molecule has 0 unspecified atom stereocenters. The molecule has 120 valence electrons. The van der Waals surface area contributed by atoms with Crippen molar-refractivity contribution in [2.24, 2.45) is 11.3 Å². The van der Waals surface area contributed by atoms with Gasteiger partial charge in [0.15, 0.2) is 0 Å². The van der Waals surface area contributed by atoms with Crippen LogP contribution in [-0.2, 0) is 4.79 Å². The number of carboxylic acid groups (broad SMARTS) is 1. The second kappa shape index (κ2) is 6.22. The van der Waals surface area contributed by atoms with Gasteiger partial charge >= 0.3 is 12.0 Å². The average molecular weight is 298 g/mol. The molecule has 0 aromatic rings. The quantitative estimate of drug-likeness (QED) is 0.821. The van der Waals surface area contributed by atoms with E-state index in [1.807, 2.05) is 6.92 Å². The zero-order valence-corrected chi connectivity index (χ0v) is 12.9. The lowest BCUT2D eigenvalue weighted by molar-refractivity contribution is -0.152. The number of hydrogen-bond donors (Lipinski definition) is 2. The standard InChI is InChI=1S/C15H26N2O4/c1-3-15(13(19)20)4-6-17(7-5-15)14(21)16(2)10-11-8-12(18)9-11/h11-12,18H,3-10H2,1-2H3,(H,19,20). The Morgan fingerprint density at radius 2 is 1.86 bits per heavy atom. The van der Waals surface area contributed by atoms with Crippen molar-refractivity contribution >= 4 is 12.0 Å². The molecular formula is C15H26N2O4. The predicted octanol–water partition coefficient (Wildman–Crippen LogP) is 1.39. The maximum absolute atomic E-state index is 12.4. The minimum atomic E-state index is -0.742. The van der Waals surface area contributed by atoms with Crippen LogP contribution in [0.3, 0.4) is 0 Å². The van der Waals surface area contributed by atoms with E-state index >= 15 is 0 Å². The van der Waals surface area contributed by atoms with Crippen molar-refractivity contribution in [1.82, 2.24) is 9.80 Å². The summed E-state index contributed by atoms with van der Waals surface area (Å²) < 4.78 is 0. The lowest BCUT2D eigenvalue weighted by Gasteiger charge is -2.41. The molecule has 21 heavy (non-hydrogen) atoms. The SMILES string of the molecule is CCC1(C(=O)O)CCN(C(=O)N(C)CC2CC(O)C2)CC1. The van der Waals surface area contributed by atoms with Crippen molar-refractivity contribution in [2.45, 2.75) is 45.1 Å². The van der Waals surface area contributed by atoms with Gasteiger partial charge < -0.3 is 20.0 Å². The highest BCUT2D eigenvalue weighted by Gasteiger charge is 2.41. The summed E-state index contributed by atoms with van der Waals surface area (Å²) in [7, 11) is 1.78. The summed E-state index contributed by atoms with van der Waals surface area (Å²) in [5.74, 6) is -0.346. The lowest BCUT2D eigenvalue weighted by atomic mass is 9.76. The molecule has 0 atom stereocenters. The van der Waals surface area contributed by atoms with Gasteiger partial charge in [-0.15, -0.1) is 0 Å². The molecule has 1 saturated carbocycles. The molecule has 1 heterocycles. The van der Waals surface area contributed by atoms with Crippen molar-refractivity contribution in [3.05, 3.63) is 0 Å². The summed E-state index contributed by atoms with van der Waals surface area (Å²) in [6.45, 7) is 3.59. The van der Waals surface area contributed by atoms with Crippen LogP contribution in [0.2, 0.25) is 0 Å². The molecular weight excluding hydrogens is 272 g/mol. The smallest absolute Gasteiger partial charge is 0.319 e. The maximum atomic E-state index is 12.4. The lowest BCUT2D eigenvalue weighted by Crippen LogP contribution is -2.51. The number of amides is 2. The second-order valence-electron chi connectivity index (χ2n) is 6.58. The van der Waals surface area contributed by atoms with E-state index in [2.05, 4.69) is 0 Å². The van der Waals surface area contributed by atoms with Gasteiger partial charge in [0.05, 0.1) is 11.5 Å². The molecule has 6 nitrogen and oxygen atoms in total. The molecule has 1 aliphatic heterocycles. The average Bonchev–Trinajstić information content (AvgIpc) is 2.44. The van der Waals surface area contributed by atoms with Crippen molar-refractivity contribution in [3.63, 3.8) is 0 Å². The third-order valence-electron chi connectivity index (χ3n) is 5.19. The van der Waals surface area contributed by atoms with Gasteiger partial charge in [0.2, 0.25) is 0 Å². The summed E-state index contributed by atoms with van der Waals surface area (Å²) in [5, 5.41) is 18.7. The number of carboxylic acids is 1. The molecule has 1 aliphatic carbocycles. The van der Waals surface area contributed by atoms with E-state index in [-0.39, 0.29) is 12.1 Å². The van der Waals surface area contributed by atoms with E-state index in [4.69, 9.17) is 0 Å². The van der Waals surface area contributed by atoms with Crippen LogP contribution in [0, 0.1) is 11.3 Å². The number of rotatable bonds is 4. The van der Waals surface area contributed by atoms with Crippen LogP contribution >= 0.6 is 0 Å². The highest BCUT2D eigenvalue weighted by atomic mass is 16.4. The Morgan fingerprint density at radius 3 is 2.29 bits per heavy atom. The number of likely N-dealkylation sites (tertiary alicyclic amines) is 1. The van der Waals surface area contributed by atoms with Gasteiger partial charge in [-0.1, -0.05) is 6.92 Å². The Bertz CT molecular complexity index is 398. The van der Waals surface area contributed by atoms with Crippen molar-refractivity contribution in [2.75, 3.05) is 26.7 Å². The number of aliphatic hydroxyl groups is 1. The highest BCUT2D eigenvalue weighted by Crippen LogP contribution is 2.35. The van der Waals surface area contributed by atoms with Crippen molar-refractivity contribution in [1.29, 1.82) is 0 Å². The Kier molecular flexibility index (Phi) is 4.76. The molecule has 0 aromatic heterocycles. The van der Waals surface area contributed by atoms with Crippen LogP contribution in [0.4, 0.5) is 4.79 Å². The topological polar surface area (TPSA) is 81.1 Å². The van der Waals surface area contributed by atoms with E-state index in [9.17, 15) is 19.8 Å². The molecule has 2 fully saturated rings. The number of carbonyl (C=O) groups is 2. The fourth-order valence-corrected chi connectivity index (χ4v) is 3.40. The van der Waals surface area contributed by atoms with E-state index < -0.39 is 11.4 Å². The van der Waals surface area contributed by atoms with Gasteiger partial charge in [-0.3, -0.25) is 4.79 Å². The first kappa shape index (κ1) is 16.1. The number of hydrogen-bond acceptors (Lipinski definition) is 3. The first-order valence-corrected chi connectivity index (χ1v) is 7.79. The molecule has 2 aliphatic rings. The van der Waals surface area contributed by atoms with E-state index in [0.29, 0.717) is 44.8 Å². The van der Waals surface area contributed by atoms with Gasteiger partial charge in [-0.05, 0) is 38.0 Å². The van der Waals surface area contributed by atoms with Crippen LogP contribution in [-0.4, -0.2) is 64.8 Å². The van der Waals surface area contributed by atoms with Crippen LogP contribution in [0.25, 0.3) is 0 Å². The summed E-state index contributed by atoms with van der Waals surface area (Å²) in [5.41, 5.74) is -0.659. The van der Waals surface area contributed by atoms with Crippen LogP contribution in [0.5, 0.6) is 0 Å². The summed E-state index contributed by atoms with van der Waals surface area (Å²) in [6, 6.07) is -0.0218. The molecule has 0 bridgehead atoms. The van der Waals surface area contributed by atoms with Gasteiger partial charge in [0.1, 0.15) is 0 Å². The summed E-state index contributed by atoms with van der Waals surface area (Å²) in [6.07, 6.45) is 3.01. The Labute approximate surface area is 125 Å². The Hall–Kier alpha value is -1.30.